The largest absolute Gasteiger partial charge is 0.482 e. The smallest absolute Gasteiger partial charge is 0.297 e. The number of amidine groups is 1. The van der Waals surface area contributed by atoms with Crippen LogP contribution in [0.15, 0.2) is 83.5 Å². The van der Waals surface area contributed by atoms with E-state index in [1.807, 2.05) is 53.5 Å². The highest BCUT2D eigenvalue weighted by molar-refractivity contribution is 6.16. The highest BCUT2D eigenvalue weighted by Crippen LogP contribution is 2.36. The molecule has 0 saturated heterocycles. The van der Waals surface area contributed by atoms with Crippen molar-refractivity contribution in [3.8, 4) is 0 Å². The van der Waals surface area contributed by atoms with E-state index in [-0.39, 0.29) is 11.7 Å². The molecule has 4 rings (SSSR count). The van der Waals surface area contributed by atoms with Crippen molar-refractivity contribution in [1.82, 2.24) is 0 Å². The Morgan fingerprint density at radius 1 is 1.00 bits per heavy atom. The predicted octanol–water partition coefficient (Wildman–Crippen LogP) is 5.10. The second-order valence-electron chi connectivity index (χ2n) is 6.06. The minimum atomic E-state index is -4.51. The minimum absolute atomic E-state index is 0.00751. The summed E-state index contributed by atoms with van der Waals surface area (Å²) in [5.74, 6) is 0.517. The fourth-order valence-corrected chi connectivity index (χ4v) is 3.25. The van der Waals surface area contributed by atoms with E-state index in [2.05, 4.69) is 0 Å². The lowest BCUT2D eigenvalue weighted by Gasteiger charge is -2.26. The molecule has 0 radical (unpaired) electrons. The Balaban J connectivity index is 1.83. The van der Waals surface area contributed by atoms with Crippen LogP contribution in [0.2, 0.25) is 0 Å². The monoisotopic (exact) mass is 355 g/mol. The van der Waals surface area contributed by atoms with Gasteiger partial charge in [-0.3, -0.25) is 15.2 Å². The number of halogens is 3. The van der Waals surface area contributed by atoms with Crippen LogP contribution in [0.4, 0.5) is 24.5 Å². The molecule has 3 nitrogen and oxygen atoms in total. The van der Waals surface area contributed by atoms with Crippen molar-refractivity contribution in [3.05, 3.63) is 84.1 Å². The van der Waals surface area contributed by atoms with Gasteiger partial charge in [-0.05, 0) is 36.8 Å². The molecule has 2 aromatic rings. The molecular weight excluding hydrogens is 339 g/mol. The molecule has 6 heteroatoms. The number of anilines is 2. The summed E-state index contributed by atoms with van der Waals surface area (Å²) in [7, 11) is 0. The standard InChI is InChI=1S/C20H16F3N3/c21-20(22,23)25-16-11-5-4-10-15(16)19-24-17-12-6-7-13-18(17)26(19)14-8-2-1-3-9-14/h1-11,13,17,25H,12H2. The SMILES string of the molecule is FC(F)(F)Nc1ccccc1C1=NC2CC=CC=C2N1c1ccccc1. The number of aliphatic imine (C=N–C) groups is 1. The number of nitrogens with zero attached hydrogens (tertiary/aromatic N) is 2. The summed E-state index contributed by atoms with van der Waals surface area (Å²) in [5, 5.41) is 1.64. The van der Waals surface area contributed by atoms with Gasteiger partial charge in [-0.15, -0.1) is 0 Å². The van der Waals surface area contributed by atoms with Crippen molar-refractivity contribution in [2.75, 3.05) is 10.2 Å². The van der Waals surface area contributed by atoms with Crippen LogP contribution in [0.25, 0.3) is 0 Å². The molecule has 0 spiro atoms. The highest BCUT2D eigenvalue weighted by atomic mass is 19.4. The molecule has 132 valence electrons. The first kappa shape index (κ1) is 16.4. The molecule has 0 saturated carbocycles. The lowest BCUT2D eigenvalue weighted by atomic mass is 10.0. The molecule has 26 heavy (non-hydrogen) atoms. The number of alkyl halides is 3. The minimum Gasteiger partial charge on any atom is -0.297 e. The van der Waals surface area contributed by atoms with Crippen molar-refractivity contribution in [3.63, 3.8) is 0 Å². The van der Waals surface area contributed by atoms with Gasteiger partial charge in [0.1, 0.15) is 5.84 Å². The summed E-state index contributed by atoms with van der Waals surface area (Å²) in [5.41, 5.74) is 2.25. The first-order valence-corrected chi connectivity index (χ1v) is 8.27. The molecule has 0 bridgehead atoms. The van der Waals surface area contributed by atoms with Crippen LogP contribution in [0.3, 0.4) is 0 Å². The summed E-state index contributed by atoms with van der Waals surface area (Å²) in [6.07, 6.45) is 2.16. The number of allylic oxidation sites excluding steroid dienone is 2. The van der Waals surface area contributed by atoms with E-state index >= 15 is 0 Å². The van der Waals surface area contributed by atoms with Crippen LogP contribution < -0.4 is 10.2 Å². The van der Waals surface area contributed by atoms with Crippen LogP contribution in [0, 0.1) is 0 Å². The molecule has 1 unspecified atom stereocenters. The van der Waals surface area contributed by atoms with E-state index in [4.69, 9.17) is 4.99 Å². The van der Waals surface area contributed by atoms with E-state index in [9.17, 15) is 13.2 Å². The van der Waals surface area contributed by atoms with E-state index in [1.165, 1.54) is 6.07 Å². The molecule has 0 aromatic heterocycles. The second-order valence-corrected chi connectivity index (χ2v) is 6.06. The molecule has 2 aromatic carbocycles. The summed E-state index contributed by atoms with van der Waals surface area (Å²) in [6.45, 7) is 0. The lowest BCUT2D eigenvalue weighted by Crippen LogP contribution is -2.30. The van der Waals surface area contributed by atoms with Gasteiger partial charge in [0.15, 0.2) is 0 Å². The molecule has 1 N–H and O–H groups in total. The van der Waals surface area contributed by atoms with E-state index in [1.54, 1.807) is 23.5 Å². The van der Waals surface area contributed by atoms with Gasteiger partial charge in [-0.1, -0.05) is 42.5 Å². The van der Waals surface area contributed by atoms with Crippen molar-refractivity contribution in [2.45, 2.75) is 18.8 Å². The zero-order valence-corrected chi connectivity index (χ0v) is 13.7. The fraction of sp³-hybridized carbons (Fsp3) is 0.150. The number of benzene rings is 2. The maximum atomic E-state index is 12.9. The summed E-state index contributed by atoms with van der Waals surface area (Å²) in [6, 6.07) is 15.9. The Hall–Kier alpha value is -3.02. The summed E-state index contributed by atoms with van der Waals surface area (Å²) in [4.78, 5) is 6.68. The Kier molecular flexibility index (Phi) is 4.03. The Labute approximate surface area is 149 Å². The topological polar surface area (TPSA) is 27.6 Å². The maximum Gasteiger partial charge on any atom is 0.482 e. The summed E-state index contributed by atoms with van der Waals surface area (Å²) < 4.78 is 38.8. The van der Waals surface area contributed by atoms with Crippen LogP contribution in [-0.4, -0.2) is 18.2 Å². The maximum absolute atomic E-state index is 12.9. The molecule has 1 aliphatic heterocycles. The number of rotatable bonds is 3. The molecule has 2 aliphatic rings. The van der Waals surface area contributed by atoms with Crippen molar-refractivity contribution >= 4 is 17.2 Å². The van der Waals surface area contributed by atoms with Crippen LogP contribution in [0.1, 0.15) is 12.0 Å². The molecule has 0 amide bonds. The summed E-state index contributed by atoms with van der Waals surface area (Å²) >= 11 is 0. The van der Waals surface area contributed by atoms with Crippen molar-refractivity contribution < 1.29 is 13.2 Å². The van der Waals surface area contributed by atoms with E-state index < -0.39 is 6.30 Å². The number of fused-ring (bicyclic) bond motifs is 1. The molecule has 1 atom stereocenters. The van der Waals surface area contributed by atoms with E-state index in [0.717, 1.165) is 17.8 Å². The van der Waals surface area contributed by atoms with Gasteiger partial charge in [0.2, 0.25) is 0 Å². The first-order valence-electron chi connectivity index (χ1n) is 8.27. The van der Waals surface area contributed by atoms with E-state index in [0.29, 0.717) is 11.4 Å². The normalized spacial score (nSPS) is 19.0. The Bertz CT molecular complexity index is 898. The van der Waals surface area contributed by atoms with Gasteiger partial charge < -0.3 is 0 Å². The Morgan fingerprint density at radius 2 is 1.73 bits per heavy atom. The van der Waals surface area contributed by atoms with Gasteiger partial charge in [0.05, 0.1) is 11.7 Å². The zero-order chi connectivity index (χ0) is 18.1. The zero-order valence-electron chi connectivity index (χ0n) is 13.7. The van der Waals surface area contributed by atoms with Gasteiger partial charge in [-0.2, -0.15) is 13.2 Å². The average Bonchev–Trinajstić information content (AvgIpc) is 3.01. The fourth-order valence-electron chi connectivity index (χ4n) is 3.25. The van der Waals surface area contributed by atoms with Crippen molar-refractivity contribution in [1.29, 1.82) is 0 Å². The third-order valence-corrected chi connectivity index (χ3v) is 4.31. The highest BCUT2D eigenvalue weighted by Gasteiger charge is 2.35. The number of hydrogen-bond acceptors (Lipinski definition) is 3. The van der Waals surface area contributed by atoms with Gasteiger partial charge in [0, 0.05) is 16.9 Å². The molecular formula is C20H16F3N3. The number of nitrogens with one attached hydrogen (secondary N) is 1. The quantitative estimate of drug-likeness (QED) is 0.776. The van der Waals surface area contributed by atoms with Crippen LogP contribution >= 0.6 is 0 Å². The Morgan fingerprint density at radius 3 is 2.50 bits per heavy atom. The predicted molar refractivity (Wildman–Crippen MR) is 97.2 cm³/mol. The lowest BCUT2D eigenvalue weighted by molar-refractivity contribution is -0.0999. The van der Waals surface area contributed by atoms with Gasteiger partial charge in [0.25, 0.3) is 0 Å². The third kappa shape index (κ3) is 3.10. The average molecular weight is 355 g/mol. The second kappa shape index (κ2) is 6.37. The molecule has 1 heterocycles. The van der Waals surface area contributed by atoms with Crippen molar-refractivity contribution in [2.24, 2.45) is 4.99 Å². The third-order valence-electron chi connectivity index (χ3n) is 4.31. The van der Waals surface area contributed by atoms with Crippen LogP contribution in [0.5, 0.6) is 0 Å². The van der Waals surface area contributed by atoms with Gasteiger partial charge >= 0.3 is 6.30 Å². The molecule has 1 aliphatic carbocycles. The van der Waals surface area contributed by atoms with Crippen LogP contribution in [-0.2, 0) is 0 Å². The molecule has 0 fully saturated rings. The van der Waals surface area contributed by atoms with Gasteiger partial charge in [-0.25, -0.2) is 0 Å². The number of hydrogen-bond donors (Lipinski definition) is 1. The number of para-hydroxylation sites is 2. The first-order chi connectivity index (χ1) is 12.5.